The van der Waals surface area contributed by atoms with Crippen LogP contribution in [0.5, 0.6) is 11.5 Å². The van der Waals surface area contributed by atoms with Gasteiger partial charge < -0.3 is 14.9 Å². The van der Waals surface area contributed by atoms with Crippen LogP contribution >= 0.6 is 0 Å². The number of likely N-dealkylation sites (tertiary alicyclic amines) is 1. The zero-order chi connectivity index (χ0) is 21.1. The molecule has 1 spiro atoms. The molecule has 0 radical (unpaired) electrons. The third-order valence-corrected chi connectivity index (χ3v) is 8.91. The van der Waals surface area contributed by atoms with Gasteiger partial charge in [-0.3, -0.25) is 19.4 Å². The summed E-state index contributed by atoms with van der Waals surface area (Å²) in [6, 6.07) is 3.17. The van der Waals surface area contributed by atoms with Crippen molar-refractivity contribution in [3.8, 4) is 11.5 Å². The van der Waals surface area contributed by atoms with Crippen molar-refractivity contribution < 1.29 is 24.5 Å². The third-order valence-electron chi connectivity index (χ3n) is 8.91. The summed E-state index contributed by atoms with van der Waals surface area (Å²) in [6.45, 7) is 1.87. The lowest BCUT2D eigenvalue weighted by Crippen LogP contribution is -2.78. The minimum atomic E-state index is -1.01. The first kappa shape index (κ1) is 18.2. The number of imide groups is 1. The van der Waals surface area contributed by atoms with Crippen LogP contribution in [-0.4, -0.2) is 68.7 Å². The first-order valence-corrected chi connectivity index (χ1v) is 11.5. The van der Waals surface area contributed by atoms with Crippen molar-refractivity contribution in [1.82, 2.24) is 9.80 Å². The molecule has 1 aromatic rings. The molecule has 2 N–H and O–H groups in total. The van der Waals surface area contributed by atoms with Gasteiger partial charge in [0.15, 0.2) is 11.5 Å². The number of aliphatic hydroxyl groups is 1. The zero-order valence-corrected chi connectivity index (χ0v) is 17.3. The fourth-order valence-electron chi connectivity index (χ4n) is 7.46. The molecule has 5 atom stereocenters. The summed E-state index contributed by atoms with van der Waals surface area (Å²) in [7, 11) is 0. The highest BCUT2D eigenvalue weighted by molar-refractivity contribution is 6.13. The number of nitrogens with zero attached hydrogens (tertiary/aromatic N) is 2. The van der Waals surface area contributed by atoms with E-state index in [9.17, 15) is 19.8 Å². The molecule has 0 aromatic heterocycles. The molecule has 2 unspecified atom stereocenters. The molecule has 2 bridgehead atoms. The largest absolute Gasteiger partial charge is 0.504 e. The standard InChI is InChI=1S/C24H26N2O5/c27-16-4-3-14-11-17-24(30)8-7-15(26-18(28)5-6-19(26)29)22-23(24,20(14)21(16)31-22)9-10-25(17)12-13-1-2-13/h3-6,13,15,17,22,27,30H,1-2,7-12H2/t15?,17-,22?,23+,24-/m1/s1. The summed E-state index contributed by atoms with van der Waals surface area (Å²) in [5.41, 5.74) is 0.306. The predicted octanol–water partition coefficient (Wildman–Crippen LogP) is 1.25. The van der Waals surface area contributed by atoms with Crippen molar-refractivity contribution in [3.63, 3.8) is 0 Å². The lowest BCUT2D eigenvalue weighted by molar-refractivity contribution is -0.201. The van der Waals surface area contributed by atoms with Crippen LogP contribution < -0.4 is 4.74 Å². The zero-order valence-electron chi connectivity index (χ0n) is 17.3. The van der Waals surface area contributed by atoms with Gasteiger partial charge in [0.05, 0.1) is 17.1 Å². The summed E-state index contributed by atoms with van der Waals surface area (Å²) in [5, 5.41) is 23.0. The van der Waals surface area contributed by atoms with Crippen LogP contribution in [0.25, 0.3) is 0 Å². The number of benzene rings is 1. The summed E-state index contributed by atoms with van der Waals surface area (Å²) in [4.78, 5) is 28.9. The molecular weight excluding hydrogens is 396 g/mol. The molecule has 3 aliphatic heterocycles. The quantitative estimate of drug-likeness (QED) is 0.713. The van der Waals surface area contributed by atoms with Crippen molar-refractivity contribution in [2.24, 2.45) is 5.92 Å². The van der Waals surface area contributed by atoms with E-state index in [1.807, 2.05) is 6.07 Å². The molecule has 31 heavy (non-hydrogen) atoms. The average molecular weight is 422 g/mol. The normalized spacial score (nSPS) is 40.3. The minimum Gasteiger partial charge on any atom is -0.504 e. The number of aromatic hydroxyl groups is 1. The number of phenolic OH excluding ortho intramolecular Hbond substituents is 1. The maximum atomic E-state index is 12.5. The van der Waals surface area contributed by atoms with Gasteiger partial charge in [0.2, 0.25) is 0 Å². The summed E-state index contributed by atoms with van der Waals surface area (Å²) >= 11 is 0. The van der Waals surface area contributed by atoms with Gasteiger partial charge in [-0.05, 0) is 62.6 Å². The van der Waals surface area contributed by atoms with E-state index < -0.39 is 23.2 Å². The highest BCUT2D eigenvalue weighted by Gasteiger charge is 2.74. The summed E-state index contributed by atoms with van der Waals surface area (Å²) in [5.74, 6) is 0.597. The van der Waals surface area contributed by atoms with E-state index in [0.29, 0.717) is 25.0 Å². The van der Waals surface area contributed by atoms with Crippen LogP contribution in [0.2, 0.25) is 0 Å². The van der Waals surface area contributed by atoms with E-state index in [2.05, 4.69) is 4.90 Å². The van der Waals surface area contributed by atoms with Gasteiger partial charge in [-0.1, -0.05) is 6.07 Å². The number of hydrogen-bond donors (Lipinski definition) is 2. The molecule has 3 heterocycles. The Labute approximate surface area is 180 Å². The summed E-state index contributed by atoms with van der Waals surface area (Å²) in [6.07, 6.45) is 7.05. The average Bonchev–Trinajstić information content (AvgIpc) is 3.40. The number of piperidine rings is 1. The van der Waals surface area contributed by atoms with Crippen LogP contribution in [-0.2, 0) is 21.4 Å². The fraction of sp³-hybridized carbons (Fsp3) is 0.583. The van der Waals surface area contributed by atoms with E-state index in [-0.39, 0.29) is 23.6 Å². The monoisotopic (exact) mass is 422 g/mol. The molecule has 1 aromatic carbocycles. The SMILES string of the molecule is O=C1C=CC(=O)N1C1CC[C@@]2(O)[C@H]3Cc4ccc(O)c5c4[C@@]2(CCN3CC2CC2)C1O5. The van der Waals surface area contributed by atoms with Gasteiger partial charge in [-0.15, -0.1) is 0 Å². The van der Waals surface area contributed by atoms with E-state index in [0.717, 1.165) is 36.6 Å². The van der Waals surface area contributed by atoms with Crippen molar-refractivity contribution in [3.05, 3.63) is 35.4 Å². The van der Waals surface area contributed by atoms with Crippen LogP contribution in [0.3, 0.4) is 0 Å². The van der Waals surface area contributed by atoms with E-state index in [4.69, 9.17) is 4.74 Å². The first-order valence-electron chi connectivity index (χ1n) is 11.5. The molecule has 3 aliphatic carbocycles. The van der Waals surface area contributed by atoms with Crippen molar-refractivity contribution >= 4 is 11.8 Å². The van der Waals surface area contributed by atoms with Gasteiger partial charge in [-0.2, -0.15) is 0 Å². The van der Waals surface area contributed by atoms with E-state index in [1.54, 1.807) is 6.07 Å². The predicted molar refractivity (Wildman–Crippen MR) is 110 cm³/mol. The van der Waals surface area contributed by atoms with Gasteiger partial charge in [0.1, 0.15) is 6.10 Å². The lowest BCUT2D eigenvalue weighted by Gasteiger charge is -2.64. The topological polar surface area (TPSA) is 90.3 Å². The van der Waals surface area contributed by atoms with Crippen molar-refractivity contribution in [2.75, 3.05) is 13.1 Å². The lowest BCUT2D eigenvalue weighted by atomic mass is 9.48. The van der Waals surface area contributed by atoms with Crippen LogP contribution in [0.15, 0.2) is 24.3 Å². The van der Waals surface area contributed by atoms with Crippen LogP contribution in [0, 0.1) is 5.92 Å². The Kier molecular flexibility index (Phi) is 3.35. The number of carbonyl (C=O) groups excluding carboxylic acids is 2. The highest BCUT2D eigenvalue weighted by Crippen LogP contribution is 2.66. The highest BCUT2D eigenvalue weighted by atomic mass is 16.5. The summed E-state index contributed by atoms with van der Waals surface area (Å²) < 4.78 is 6.42. The van der Waals surface area contributed by atoms with Crippen LogP contribution in [0.4, 0.5) is 0 Å². The number of amides is 2. The Hall–Kier alpha value is -2.38. The Bertz CT molecular complexity index is 1050. The minimum absolute atomic E-state index is 0.0139. The molecule has 2 amide bonds. The maximum Gasteiger partial charge on any atom is 0.254 e. The second-order valence-corrected chi connectivity index (χ2v) is 10.3. The van der Waals surface area contributed by atoms with Gasteiger partial charge >= 0.3 is 0 Å². The Morgan fingerprint density at radius 2 is 1.87 bits per heavy atom. The molecule has 6 aliphatic rings. The van der Waals surface area contributed by atoms with Crippen LogP contribution in [0.1, 0.15) is 43.2 Å². The fourth-order valence-corrected chi connectivity index (χ4v) is 7.46. The van der Waals surface area contributed by atoms with E-state index in [1.165, 1.54) is 29.9 Å². The molecule has 7 heteroatoms. The second kappa shape index (κ2) is 5.70. The third kappa shape index (κ3) is 2.07. The molecule has 162 valence electrons. The number of rotatable bonds is 3. The molecule has 7 nitrogen and oxygen atoms in total. The molecule has 1 saturated heterocycles. The molecule has 2 saturated carbocycles. The first-order chi connectivity index (χ1) is 14.9. The molecule has 7 rings (SSSR count). The number of phenols is 1. The van der Waals surface area contributed by atoms with Gasteiger partial charge in [0.25, 0.3) is 11.8 Å². The second-order valence-electron chi connectivity index (χ2n) is 10.3. The van der Waals surface area contributed by atoms with Crippen molar-refractivity contribution in [2.45, 2.75) is 67.7 Å². The number of hydrogen-bond acceptors (Lipinski definition) is 6. The number of ether oxygens (including phenoxy) is 1. The van der Waals surface area contributed by atoms with Gasteiger partial charge in [0, 0.05) is 30.3 Å². The maximum absolute atomic E-state index is 12.5. The van der Waals surface area contributed by atoms with Crippen molar-refractivity contribution in [1.29, 1.82) is 0 Å². The Morgan fingerprint density at radius 1 is 1.10 bits per heavy atom. The Balaban J connectivity index is 1.40. The number of carbonyl (C=O) groups is 2. The van der Waals surface area contributed by atoms with Gasteiger partial charge in [-0.25, -0.2) is 0 Å². The smallest absolute Gasteiger partial charge is 0.254 e. The van der Waals surface area contributed by atoms with E-state index >= 15 is 0 Å². The Morgan fingerprint density at radius 3 is 2.61 bits per heavy atom. The molecular formula is C24H26N2O5. The molecule has 3 fully saturated rings.